The lowest BCUT2D eigenvalue weighted by molar-refractivity contribution is 0.0922. The van der Waals surface area contributed by atoms with Gasteiger partial charge in [-0.25, -0.2) is 5.43 Å². The second kappa shape index (κ2) is 7.81. The monoisotopic (exact) mass is 326 g/mol. The first-order valence-corrected chi connectivity index (χ1v) is 8.33. The first-order chi connectivity index (χ1) is 11.7. The molecule has 1 heterocycles. The Balaban J connectivity index is 1.53. The van der Waals surface area contributed by atoms with E-state index in [9.17, 15) is 4.79 Å². The van der Waals surface area contributed by atoms with E-state index in [1.807, 2.05) is 30.3 Å². The molecule has 0 unspecified atom stereocenters. The lowest BCUT2D eigenvalue weighted by Crippen LogP contribution is -2.21. The maximum atomic E-state index is 12.1. The number of benzene rings is 1. The number of rotatable bonds is 5. The van der Waals surface area contributed by atoms with Gasteiger partial charge in [-0.3, -0.25) is 4.79 Å². The Morgan fingerprint density at radius 1 is 1.29 bits per heavy atom. The van der Waals surface area contributed by atoms with E-state index in [1.165, 1.54) is 6.42 Å². The van der Waals surface area contributed by atoms with Crippen LogP contribution < -0.4 is 10.2 Å². The molecule has 1 atom stereocenters. The van der Waals surface area contributed by atoms with Gasteiger partial charge in [0, 0.05) is 5.71 Å². The fraction of sp³-hybridized carbons (Fsp3) is 0.368. The summed E-state index contributed by atoms with van der Waals surface area (Å²) in [5.41, 5.74) is 3.65. The Morgan fingerprint density at radius 3 is 2.92 bits per heavy atom. The Hall–Kier alpha value is -2.56. The zero-order valence-electron chi connectivity index (χ0n) is 13.8. The van der Waals surface area contributed by atoms with Gasteiger partial charge in [0.2, 0.25) is 0 Å². The molecular weight excluding hydrogens is 304 g/mol. The van der Waals surface area contributed by atoms with Crippen LogP contribution in [0.25, 0.3) is 0 Å². The van der Waals surface area contributed by atoms with Gasteiger partial charge in [0.05, 0.1) is 0 Å². The van der Waals surface area contributed by atoms with Crippen molar-refractivity contribution in [1.29, 1.82) is 0 Å². The number of hydrogen-bond acceptors (Lipinski definition) is 4. The molecule has 1 fully saturated rings. The largest absolute Gasteiger partial charge is 0.486 e. The van der Waals surface area contributed by atoms with Crippen molar-refractivity contribution in [3.8, 4) is 5.75 Å². The number of nitrogens with zero attached hydrogens (tertiary/aromatic N) is 1. The lowest BCUT2D eigenvalue weighted by Gasteiger charge is -2.18. The van der Waals surface area contributed by atoms with Crippen LogP contribution >= 0.6 is 0 Å². The molecule has 0 bridgehead atoms. The molecule has 3 rings (SSSR count). The third kappa shape index (κ3) is 4.47. The third-order valence-corrected chi connectivity index (χ3v) is 4.07. The van der Waals surface area contributed by atoms with E-state index in [4.69, 9.17) is 9.15 Å². The first kappa shape index (κ1) is 16.3. The van der Waals surface area contributed by atoms with Crippen LogP contribution in [0.5, 0.6) is 5.75 Å². The van der Waals surface area contributed by atoms with Gasteiger partial charge in [0.1, 0.15) is 18.1 Å². The van der Waals surface area contributed by atoms with Crippen molar-refractivity contribution in [2.24, 2.45) is 11.0 Å². The average molecular weight is 326 g/mol. The molecule has 24 heavy (non-hydrogen) atoms. The van der Waals surface area contributed by atoms with E-state index in [1.54, 1.807) is 12.1 Å². The Labute approximate surface area is 141 Å². The molecule has 2 aromatic rings. The molecular formula is C19H22N2O3. The van der Waals surface area contributed by atoms with Crippen LogP contribution in [0.3, 0.4) is 0 Å². The molecule has 1 aromatic heterocycles. The van der Waals surface area contributed by atoms with Crippen molar-refractivity contribution in [3.05, 3.63) is 54.0 Å². The number of amides is 1. The SMILES string of the molecule is C[C@@H]1CCC/C(=N\NC(=O)c2ccc(COc3ccccc3)o2)C1. The molecule has 1 amide bonds. The predicted molar refractivity (Wildman–Crippen MR) is 92.0 cm³/mol. The molecule has 126 valence electrons. The summed E-state index contributed by atoms with van der Waals surface area (Å²) in [5, 5.41) is 4.24. The molecule has 1 aliphatic rings. The standard InChI is InChI=1S/C19H22N2O3/c1-14-6-5-7-15(12-14)20-21-19(22)18-11-10-17(24-18)13-23-16-8-3-2-4-9-16/h2-4,8-11,14H,5-7,12-13H2,1H3,(H,21,22)/b20-15+/t14-/m1/s1. The number of para-hydroxylation sites is 1. The third-order valence-electron chi connectivity index (χ3n) is 4.07. The molecule has 0 spiro atoms. The Kier molecular flexibility index (Phi) is 5.31. The van der Waals surface area contributed by atoms with E-state index in [0.29, 0.717) is 11.7 Å². The summed E-state index contributed by atoms with van der Waals surface area (Å²) < 4.78 is 11.1. The van der Waals surface area contributed by atoms with Gasteiger partial charge < -0.3 is 9.15 Å². The first-order valence-electron chi connectivity index (χ1n) is 8.33. The highest BCUT2D eigenvalue weighted by molar-refractivity contribution is 5.93. The number of ether oxygens (including phenoxy) is 1. The van der Waals surface area contributed by atoms with Crippen LogP contribution in [0.1, 0.15) is 48.9 Å². The molecule has 5 nitrogen and oxygen atoms in total. The number of hydrazone groups is 1. The van der Waals surface area contributed by atoms with Crippen LogP contribution in [0.15, 0.2) is 52.0 Å². The van der Waals surface area contributed by atoms with Gasteiger partial charge in [-0.05, 0) is 55.9 Å². The van der Waals surface area contributed by atoms with Crippen LogP contribution in [0.2, 0.25) is 0 Å². The quantitative estimate of drug-likeness (QED) is 0.839. The molecule has 0 aliphatic heterocycles. The van der Waals surface area contributed by atoms with Gasteiger partial charge >= 0.3 is 5.91 Å². The average Bonchev–Trinajstić information content (AvgIpc) is 3.08. The summed E-state index contributed by atoms with van der Waals surface area (Å²) in [7, 11) is 0. The number of carbonyl (C=O) groups excluding carboxylic acids is 1. The fourth-order valence-electron chi connectivity index (χ4n) is 2.80. The minimum absolute atomic E-state index is 0.245. The summed E-state index contributed by atoms with van der Waals surface area (Å²) in [4.78, 5) is 12.1. The van der Waals surface area contributed by atoms with E-state index in [0.717, 1.165) is 30.7 Å². The van der Waals surface area contributed by atoms with Gasteiger partial charge in [-0.1, -0.05) is 25.1 Å². The number of nitrogens with one attached hydrogen (secondary N) is 1. The van der Waals surface area contributed by atoms with Crippen LogP contribution in [-0.4, -0.2) is 11.6 Å². The van der Waals surface area contributed by atoms with Gasteiger partial charge in [-0.2, -0.15) is 5.10 Å². The van der Waals surface area contributed by atoms with Gasteiger partial charge in [-0.15, -0.1) is 0 Å². The second-order valence-corrected chi connectivity index (χ2v) is 6.19. The van der Waals surface area contributed by atoms with Crippen molar-refractivity contribution in [2.75, 3.05) is 0 Å². The summed E-state index contributed by atoms with van der Waals surface area (Å²) in [6.45, 7) is 2.49. The van der Waals surface area contributed by atoms with E-state index >= 15 is 0 Å². The fourth-order valence-corrected chi connectivity index (χ4v) is 2.80. The van der Waals surface area contributed by atoms with E-state index < -0.39 is 0 Å². The van der Waals surface area contributed by atoms with Gasteiger partial charge in [0.15, 0.2) is 5.76 Å². The summed E-state index contributed by atoms with van der Waals surface area (Å²) in [5.74, 6) is 1.92. The van der Waals surface area contributed by atoms with Crippen LogP contribution in [-0.2, 0) is 6.61 Å². The van der Waals surface area contributed by atoms with Gasteiger partial charge in [0.25, 0.3) is 0 Å². The van der Waals surface area contributed by atoms with Crippen LogP contribution in [0, 0.1) is 5.92 Å². The Morgan fingerprint density at radius 2 is 2.12 bits per heavy atom. The maximum absolute atomic E-state index is 12.1. The van der Waals surface area contributed by atoms with Crippen molar-refractivity contribution in [1.82, 2.24) is 5.43 Å². The highest BCUT2D eigenvalue weighted by Crippen LogP contribution is 2.21. The van der Waals surface area contributed by atoms with E-state index in [-0.39, 0.29) is 18.3 Å². The number of hydrogen-bond donors (Lipinski definition) is 1. The molecule has 0 radical (unpaired) electrons. The minimum Gasteiger partial charge on any atom is -0.486 e. The summed E-state index contributed by atoms with van der Waals surface area (Å²) in [6.07, 6.45) is 4.28. The maximum Gasteiger partial charge on any atom is 0.307 e. The van der Waals surface area contributed by atoms with Crippen molar-refractivity contribution >= 4 is 11.6 Å². The molecule has 1 N–H and O–H groups in total. The topological polar surface area (TPSA) is 63.8 Å². The highest BCUT2D eigenvalue weighted by Gasteiger charge is 2.15. The zero-order chi connectivity index (χ0) is 16.8. The second-order valence-electron chi connectivity index (χ2n) is 6.19. The Bertz CT molecular complexity index is 706. The highest BCUT2D eigenvalue weighted by atomic mass is 16.5. The summed E-state index contributed by atoms with van der Waals surface area (Å²) in [6, 6.07) is 12.9. The van der Waals surface area contributed by atoms with Crippen molar-refractivity contribution in [2.45, 2.75) is 39.2 Å². The molecule has 0 saturated heterocycles. The lowest BCUT2D eigenvalue weighted by atomic mass is 9.89. The minimum atomic E-state index is -0.327. The molecule has 5 heteroatoms. The molecule has 1 aliphatic carbocycles. The zero-order valence-corrected chi connectivity index (χ0v) is 13.8. The molecule has 1 aromatic carbocycles. The van der Waals surface area contributed by atoms with E-state index in [2.05, 4.69) is 17.5 Å². The summed E-state index contributed by atoms with van der Waals surface area (Å²) >= 11 is 0. The number of furan rings is 1. The molecule has 1 saturated carbocycles. The van der Waals surface area contributed by atoms with Crippen molar-refractivity contribution < 1.29 is 13.9 Å². The predicted octanol–water partition coefficient (Wildman–Crippen LogP) is 4.15. The van der Waals surface area contributed by atoms with Crippen molar-refractivity contribution in [3.63, 3.8) is 0 Å². The normalized spacial score (nSPS) is 19.2. The van der Waals surface area contributed by atoms with Crippen LogP contribution in [0.4, 0.5) is 0 Å². The smallest absolute Gasteiger partial charge is 0.307 e. The number of carbonyl (C=O) groups is 1.